The van der Waals surface area contributed by atoms with E-state index in [4.69, 9.17) is 4.74 Å². The molecular weight excluding hydrogens is 212 g/mol. The second-order valence-corrected chi connectivity index (χ2v) is 4.68. The Bertz CT molecular complexity index is 492. The zero-order chi connectivity index (χ0) is 12.3. The summed E-state index contributed by atoms with van der Waals surface area (Å²) < 4.78 is 5.34. The first kappa shape index (κ1) is 12.1. The number of fused-ring (bicyclic) bond motifs is 1. The van der Waals surface area contributed by atoms with Gasteiger partial charge in [-0.2, -0.15) is 0 Å². The molecule has 0 aliphatic heterocycles. The largest absolute Gasteiger partial charge is 0.366 e. The molecule has 2 nitrogen and oxygen atoms in total. The Kier molecular flexibility index (Phi) is 3.46. The molecule has 0 atom stereocenters. The minimum atomic E-state index is -1.05. The van der Waals surface area contributed by atoms with Gasteiger partial charge in [0.05, 0.1) is 6.61 Å². The van der Waals surface area contributed by atoms with Crippen LogP contribution < -0.4 is 0 Å². The summed E-state index contributed by atoms with van der Waals surface area (Å²) in [6, 6.07) is 14.6. The third kappa shape index (κ3) is 3.29. The van der Waals surface area contributed by atoms with E-state index in [0.29, 0.717) is 6.61 Å². The molecule has 0 saturated heterocycles. The first-order valence-corrected chi connectivity index (χ1v) is 5.89. The van der Waals surface area contributed by atoms with Gasteiger partial charge in [-0.1, -0.05) is 42.5 Å². The zero-order valence-electron chi connectivity index (χ0n) is 10.3. The molecule has 0 aliphatic carbocycles. The van der Waals surface area contributed by atoms with Crippen LogP contribution in [0, 0.1) is 0 Å². The van der Waals surface area contributed by atoms with Crippen molar-refractivity contribution in [1.82, 2.24) is 0 Å². The Morgan fingerprint density at radius 3 is 2.53 bits per heavy atom. The second kappa shape index (κ2) is 4.86. The maximum Gasteiger partial charge on any atom is 0.159 e. The number of rotatable bonds is 4. The Hall–Kier alpha value is -1.38. The van der Waals surface area contributed by atoms with E-state index < -0.39 is 5.79 Å². The quantitative estimate of drug-likeness (QED) is 0.818. The summed E-state index contributed by atoms with van der Waals surface area (Å²) in [5.74, 6) is -1.05. The highest BCUT2D eigenvalue weighted by Crippen LogP contribution is 2.19. The molecule has 90 valence electrons. The SMILES string of the molecule is CC(C)(O)OCCc1cccc2ccccc12. The summed E-state index contributed by atoms with van der Waals surface area (Å²) in [6.07, 6.45) is 0.811. The van der Waals surface area contributed by atoms with Gasteiger partial charge in [0, 0.05) is 0 Å². The molecule has 2 rings (SSSR count). The lowest BCUT2D eigenvalue weighted by Crippen LogP contribution is -2.24. The fraction of sp³-hybridized carbons (Fsp3) is 0.333. The van der Waals surface area contributed by atoms with Crippen LogP contribution in [-0.2, 0) is 11.2 Å². The van der Waals surface area contributed by atoms with Gasteiger partial charge in [0.25, 0.3) is 0 Å². The Morgan fingerprint density at radius 1 is 1.06 bits per heavy atom. The van der Waals surface area contributed by atoms with Crippen LogP contribution in [0.3, 0.4) is 0 Å². The molecule has 2 heteroatoms. The first-order valence-electron chi connectivity index (χ1n) is 5.89. The van der Waals surface area contributed by atoms with Crippen LogP contribution in [0.2, 0.25) is 0 Å². The minimum Gasteiger partial charge on any atom is -0.366 e. The van der Waals surface area contributed by atoms with Gasteiger partial charge in [0.2, 0.25) is 0 Å². The third-order valence-corrected chi connectivity index (χ3v) is 2.71. The van der Waals surface area contributed by atoms with Crippen LogP contribution in [0.5, 0.6) is 0 Å². The molecule has 0 heterocycles. The lowest BCUT2D eigenvalue weighted by molar-refractivity contribution is -0.174. The lowest BCUT2D eigenvalue weighted by atomic mass is 10.0. The predicted octanol–water partition coefficient (Wildman–Crippen LogP) is 3.13. The monoisotopic (exact) mass is 230 g/mol. The molecule has 0 amide bonds. The van der Waals surface area contributed by atoms with Crippen LogP contribution in [0.15, 0.2) is 42.5 Å². The van der Waals surface area contributed by atoms with Crippen LogP contribution >= 0.6 is 0 Å². The highest BCUT2D eigenvalue weighted by molar-refractivity contribution is 5.85. The predicted molar refractivity (Wildman–Crippen MR) is 69.9 cm³/mol. The van der Waals surface area contributed by atoms with Gasteiger partial charge in [-0.05, 0) is 36.6 Å². The third-order valence-electron chi connectivity index (χ3n) is 2.71. The summed E-state index contributed by atoms with van der Waals surface area (Å²) in [5, 5.41) is 12.0. The highest BCUT2D eigenvalue weighted by Gasteiger charge is 2.11. The Labute approximate surface area is 102 Å². The van der Waals surface area contributed by atoms with E-state index in [1.54, 1.807) is 13.8 Å². The van der Waals surface area contributed by atoms with Crippen molar-refractivity contribution in [2.45, 2.75) is 26.1 Å². The summed E-state index contributed by atoms with van der Waals surface area (Å²) in [4.78, 5) is 0. The van der Waals surface area contributed by atoms with E-state index in [9.17, 15) is 5.11 Å². The summed E-state index contributed by atoms with van der Waals surface area (Å²) in [6.45, 7) is 3.82. The van der Waals surface area contributed by atoms with Crippen LogP contribution in [0.4, 0.5) is 0 Å². The van der Waals surface area contributed by atoms with E-state index in [0.717, 1.165) is 6.42 Å². The molecule has 17 heavy (non-hydrogen) atoms. The number of ether oxygens (including phenoxy) is 1. The molecule has 0 fully saturated rings. The lowest BCUT2D eigenvalue weighted by Gasteiger charge is -2.18. The van der Waals surface area contributed by atoms with Crippen molar-refractivity contribution in [3.63, 3.8) is 0 Å². The number of benzene rings is 2. The molecule has 2 aromatic carbocycles. The first-order chi connectivity index (χ1) is 8.06. The van der Waals surface area contributed by atoms with Crippen molar-refractivity contribution >= 4 is 10.8 Å². The zero-order valence-corrected chi connectivity index (χ0v) is 10.3. The average molecular weight is 230 g/mol. The minimum absolute atomic E-state index is 0.525. The van der Waals surface area contributed by atoms with Crippen molar-refractivity contribution in [2.24, 2.45) is 0 Å². The molecule has 0 bridgehead atoms. The maximum absolute atomic E-state index is 9.49. The van der Waals surface area contributed by atoms with Gasteiger partial charge >= 0.3 is 0 Å². The van der Waals surface area contributed by atoms with Gasteiger partial charge in [-0.15, -0.1) is 0 Å². The van der Waals surface area contributed by atoms with Gasteiger partial charge in [-0.3, -0.25) is 0 Å². The van der Waals surface area contributed by atoms with Crippen LogP contribution in [0.1, 0.15) is 19.4 Å². The fourth-order valence-electron chi connectivity index (χ4n) is 1.92. The highest BCUT2D eigenvalue weighted by atomic mass is 16.6. The fourth-order valence-corrected chi connectivity index (χ4v) is 1.92. The van der Waals surface area contributed by atoms with Crippen LogP contribution in [0.25, 0.3) is 10.8 Å². The van der Waals surface area contributed by atoms with Crippen molar-refractivity contribution < 1.29 is 9.84 Å². The van der Waals surface area contributed by atoms with Gasteiger partial charge in [0.15, 0.2) is 5.79 Å². The van der Waals surface area contributed by atoms with E-state index >= 15 is 0 Å². The molecule has 0 aliphatic rings. The summed E-state index contributed by atoms with van der Waals surface area (Å²) in [7, 11) is 0. The van der Waals surface area contributed by atoms with E-state index in [1.807, 2.05) is 12.1 Å². The number of hydrogen-bond donors (Lipinski definition) is 1. The van der Waals surface area contributed by atoms with Crippen LogP contribution in [-0.4, -0.2) is 17.5 Å². The maximum atomic E-state index is 9.49. The van der Waals surface area contributed by atoms with E-state index in [-0.39, 0.29) is 0 Å². The second-order valence-electron chi connectivity index (χ2n) is 4.68. The average Bonchev–Trinajstić information content (AvgIpc) is 2.28. The molecule has 1 N–H and O–H groups in total. The van der Waals surface area contributed by atoms with E-state index in [2.05, 4.69) is 30.3 Å². The van der Waals surface area contributed by atoms with Crippen molar-refractivity contribution in [2.75, 3.05) is 6.61 Å². The molecule has 0 unspecified atom stereocenters. The molecule has 2 aromatic rings. The number of hydrogen-bond acceptors (Lipinski definition) is 2. The van der Waals surface area contributed by atoms with Crippen molar-refractivity contribution in [3.05, 3.63) is 48.0 Å². The van der Waals surface area contributed by atoms with Gasteiger partial charge in [-0.25, -0.2) is 0 Å². The molecule has 0 spiro atoms. The molecule has 0 radical (unpaired) electrons. The Balaban J connectivity index is 2.13. The number of aliphatic hydroxyl groups is 1. The van der Waals surface area contributed by atoms with Gasteiger partial charge < -0.3 is 9.84 Å². The van der Waals surface area contributed by atoms with E-state index in [1.165, 1.54) is 16.3 Å². The topological polar surface area (TPSA) is 29.5 Å². The normalized spacial score (nSPS) is 11.9. The van der Waals surface area contributed by atoms with Crippen molar-refractivity contribution in [1.29, 1.82) is 0 Å². The standard InChI is InChI=1S/C15H18O2/c1-15(2,16)17-11-10-13-8-5-7-12-6-3-4-9-14(12)13/h3-9,16H,10-11H2,1-2H3. The van der Waals surface area contributed by atoms with Crippen molar-refractivity contribution in [3.8, 4) is 0 Å². The summed E-state index contributed by atoms with van der Waals surface area (Å²) in [5.41, 5.74) is 1.26. The Morgan fingerprint density at radius 2 is 1.76 bits per heavy atom. The molecule has 0 saturated carbocycles. The molecule has 0 aromatic heterocycles. The van der Waals surface area contributed by atoms with Gasteiger partial charge in [0.1, 0.15) is 0 Å². The summed E-state index contributed by atoms with van der Waals surface area (Å²) >= 11 is 0. The molecular formula is C15H18O2. The smallest absolute Gasteiger partial charge is 0.159 e.